The summed E-state index contributed by atoms with van der Waals surface area (Å²) < 4.78 is 3.96. The van der Waals surface area contributed by atoms with Crippen LogP contribution in [0.15, 0.2) is 17.4 Å². The molecule has 0 radical (unpaired) electrons. The van der Waals surface area contributed by atoms with Gasteiger partial charge in [0.05, 0.1) is 19.3 Å². The highest BCUT2D eigenvalue weighted by Gasteiger charge is 2.21. The van der Waals surface area contributed by atoms with Crippen LogP contribution < -0.4 is 10.6 Å². The molecule has 2 N–H and O–H groups in total. The first-order valence-corrected chi connectivity index (χ1v) is 8.56. The lowest BCUT2D eigenvalue weighted by Gasteiger charge is -2.25. The molecule has 0 aromatic carbocycles. The Morgan fingerprint density at radius 3 is 2.96 bits per heavy atom. The van der Waals surface area contributed by atoms with Crippen molar-refractivity contribution in [2.45, 2.75) is 52.2 Å². The fraction of sp³-hybridized carbons (Fsp3) is 0.625. The smallest absolute Gasteiger partial charge is 0.191 e. The zero-order valence-electron chi connectivity index (χ0n) is 15.1. The lowest BCUT2D eigenvalue weighted by atomic mass is 10.1. The average Bonchev–Trinajstić information content (AvgIpc) is 3.19. The lowest BCUT2D eigenvalue weighted by Crippen LogP contribution is -2.47. The van der Waals surface area contributed by atoms with Crippen molar-refractivity contribution in [2.75, 3.05) is 13.6 Å². The molecule has 1 unspecified atom stereocenters. The molecule has 0 bridgehead atoms. The summed E-state index contributed by atoms with van der Waals surface area (Å²) in [7, 11) is 1.80. The minimum absolute atomic E-state index is 0. The molecule has 0 saturated carbocycles. The molecule has 25 heavy (non-hydrogen) atoms. The van der Waals surface area contributed by atoms with E-state index in [9.17, 15) is 0 Å². The standard InChI is InChI=1S/C16H26N8.HI/c1-4-14-21-15-6-5-13(11-24(15)22-14)20-16(17-3)18-7-8-23-10-12(2)9-19-23;/h9-10,13H,4-8,11H2,1-3H3,(H2,17,18,20);1H. The number of aliphatic imine (C=N–C) groups is 1. The molecule has 0 saturated heterocycles. The van der Waals surface area contributed by atoms with Crippen LogP contribution in [0.1, 0.15) is 30.6 Å². The van der Waals surface area contributed by atoms with Crippen LogP contribution in [0.25, 0.3) is 0 Å². The number of aryl methyl sites for hydroxylation is 3. The van der Waals surface area contributed by atoms with Crippen molar-refractivity contribution >= 4 is 29.9 Å². The Labute approximate surface area is 165 Å². The number of aromatic nitrogens is 5. The third-order valence-corrected chi connectivity index (χ3v) is 4.18. The Hall–Kier alpha value is -1.65. The first-order valence-electron chi connectivity index (χ1n) is 8.56. The van der Waals surface area contributed by atoms with Crippen molar-refractivity contribution in [3.05, 3.63) is 29.6 Å². The molecule has 0 fully saturated rings. The molecule has 1 atom stereocenters. The number of hydrogen-bond acceptors (Lipinski definition) is 4. The van der Waals surface area contributed by atoms with Crippen LogP contribution in [0.4, 0.5) is 0 Å². The quantitative estimate of drug-likeness (QED) is 0.399. The van der Waals surface area contributed by atoms with Crippen LogP contribution in [0.3, 0.4) is 0 Å². The molecule has 2 aromatic rings. The van der Waals surface area contributed by atoms with Gasteiger partial charge in [-0.25, -0.2) is 9.67 Å². The van der Waals surface area contributed by atoms with Gasteiger partial charge in [0.1, 0.15) is 5.82 Å². The van der Waals surface area contributed by atoms with Crippen molar-refractivity contribution in [2.24, 2.45) is 4.99 Å². The van der Waals surface area contributed by atoms with Crippen LogP contribution in [-0.2, 0) is 25.9 Å². The Morgan fingerprint density at radius 1 is 1.44 bits per heavy atom. The average molecular weight is 458 g/mol. The van der Waals surface area contributed by atoms with E-state index < -0.39 is 0 Å². The minimum atomic E-state index is 0. The Morgan fingerprint density at radius 2 is 2.28 bits per heavy atom. The summed E-state index contributed by atoms with van der Waals surface area (Å²) in [6, 6.07) is 0.321. The molecule has 0 amide bonds. The topological polar surface area (TPSA) is 85.0 Å². The van der Waals surface area contributed by atoms with Gasteiger partial charge in [-0.15, -0.1) is 24.0 Å². The molecule has 3 rings (SSSR count). The van der Waals surface area contributed by atoms with Crippen LogP contribution in [0.2, 0.25) is 0 Å². The number of fused-ring (bicyclic) bond motifs is 1. The fourth-order valence-electron chi connectivity index (χ4n) is 2.89. The molecule has 0 spiro atoms. The Kier molecular flexibility index (Phi) is 7.21. The number of hydrogen-bond donors (Lipinski definition) is 2. The first kappa shape index (κ1) is 19.7. The second-order valence-electron chi connectivity index (χ2n) is 6.14. The van der Waals surface area contributed by atoms with Crippen molar-refractivity contribution in [1.82, 2.24) is 35.2 Å². The highest BCUT2D eigenvalue weighted by Crippen LogP contribution is 2.13. The Bertz CT molecular complexity index is 705. The van der Waals surface area contributed by atoms with Crippen LogP contribution in [0.5, 0.6) is 0 Å². The SMILES string of the molecule is CCc1nc2n(n1)CC(NC(=NC)NCCn1cc(C)cn1)CC2.I. The minimum Gasteiger partial charge on any atom is -0.355 e. The van der Waals surface area contributed by atoms with E-state index in [2.05, 4.69) is 37.7 Å². The second-order valence-corrected chi connectivity index (χ2v) is 6.14. The van der Waals surface area contributed by atoms with E-state index in [1.165, 1.54) is 5.56 Å². The zero-order chi connectivity index (χ0) is 16.9. The number of rotatable bonds is 5. The molecule has 9 heteroatoms. The van der Waals surface area contributed by atoms with Crippen LogP contribution in [0, 0.1) is 6.92 Å². The molecule has 1 aliphatic rings. The maximum atomic E-state index is 4.56. The first-order chi connectivity index (χ1) is 11.7. The fourth-order valence-corrected chi connectivity index (χ4v) is 2.89. The third kappa shape index (κ3) is 5.16. The van der Waals surface area contributed by atoms with E-state index in [-0.39, 0.29) is 24.0 Å². The van der Waals surface area contributed by atoms with Gasteiger partial charge in [0.2, 0.25) is 0 Å². The van der Waals surface area contributed by atoms with Gasteiger partial charge in [0, 0.05) is 38.7 Å². The summed E-state index contributed by atoms with van der Waals surface area (Å²) in [4.78, 5) is 8.87. The zero-order valence-corrected chi connectivity index (χ0v) is 17.4. The maximum Gasteiger partial charge on any atom is 0.191 e. The van der Waals surface area contributed by atoms with Gasteiger partial charge < -0.3 is 10.6 Å². The number of halogens is 1. The number of nitrogens with zero attached hydrogens (tertiary/aromatic N) is 6. The van der Waals surface area contributed by atoms with Gasteiger partial charge in [0.15, 0.2) is 11.8 Å². The van der Waals surface area contributed by atoms with Crippen LogP contribution >= 0.6 is 24.0 Å². The van der Waals surface area contributed by atoms with Gasteiger partial charge in [-0.2, -0.15) is 10.2 Å². The van der Waals surface area contributed by atoms with Crippen LogP contribution in [-0.4, -0.2) is 50.1 Å². The van der Waals surface area contributed by atoms with Gasteiger partial charge in [-0.05, 0) is 18.9 Å². The van der Waals surface area contributed by atoms with Gasteiger partial charge in [-0.3, -0.25) is 9.67 Å². The van der Waals surface area contributed by atoms with E-state index in [0.717, 1.165) is 56.5 Å². The molecule has 0 aliphatic carbocycles. The summed E-state index contributed by atoms with van der Waals surface area (Å²) in [5.74, 6) is 2.85. The predicted octanol–water partition coefficient (Wildman–Crippen LogP) is 1.14. The molecular formula is C16H27IN8. The van der Waals surface area contributed by atoms with E-state index in [4.69, 9.17) is 0 Å². The largest absolute Gasteiger partial charge is 0.355 e. The van der Waals surface area contributed by atoms with E-state index in [1.54, 1.807) is 7.05 Å². The molecule has 2 aromatic heterocycles. The van der Waals surface area contributed by atoms with Gasteiger partial charge in [-0.1, -0.05) is 6.92 Å². The highest BCUT2D eigenvalue weighted by molar-refractivity contribution is 14.0. The van der Waals surface area contributed by atoms with E-state index in [0.29, 0.717) is 6.04 Å². The molecule has 1 aliphatic heterocycles. The molecule has 138 valence electrons. The molecule has 3 heterocycles. The highest BCUT2D eigenvalue weighted by atomic mass is 127. The summed E-state index contributed by atoms with van der Waals surface area (Å²) >= 11 is 0. The Balaban J connectivity index is 0.00000225. The van der Waals surface area contributed by atoms with Crippen molar-refractivity contribution in [1.29, 1.82) is 0 Å². The summed E-state index contributed by atoms with van der Waals surface area (Å²) in [6.07, 6.45) is 6.79. The van der Waals surface area contributed by atoms with Crippen molar-refractivity contribution in [3.63, 3.8) is 0 Å². The monoisotopic (exact) mass is 458 g/mol. The maximum absolute atomic E-state index is 4.56. The molecular weight excluding hydrogens is 431 g/mol. The predicted molar refractivity (Wildman–Crippen MR) is 108 cm³/mol. The third-order valence-electron chi connectivity index (χ3n) is 4.18. The normalized spacial score (nSPS) is 16.9. The van der Waals surface area contributed by atoms with Gasteiger partial charge in [0.25, 0.3) is 0 Å². The van der Waals surface area contributed by atoms with Crippen molar-refractivity contribution in [3.8, 4) is 0 Å². The molecule has 8 nitrogen and oxygen atoms in total. The summed E-state index contributed by atoms with van der Waals surface area (Å²) in [6.45, 7) is 6.56. The summed E-state index contributed by atoms with van der Waals surface area (Å²) in [5, 5.41) is 15.7. The number of guanidine groups is 1. The van der Waals surface area contributed by atoms with E-state index >= 15 is 0 Å². The second kappa shape index (κ2) is 9.16. The van der Waals surface area contributed by atoms with Crippen molar-refractivity contribution < 1.29 is 0 Å². The van der Waals surface area contributed by atoms with Gasteiger partial charge >= 0.3 is 0 Å². The number of nitrogens with one attached hydrogen (secondary N) is 2. The summed E-state index contributed by atoms with van der Waals surface area (Å²) in [5.41, 5.74) is 1.18. The van der Waals surface area contributed by atoms with E-state index in [1.807, 2.05) is 28.7 Å². The lowest BCUT2D eigenvalue weighted by molar-refractivity contribution is 0.391.